The first-order valence-corrected chi connectivity index (χ1v) is 8.58. The van der Waals surface area contributed by atoms with Crippen LogP contribution in [0.1, 0.15) is 25.7 Å². The van der Waals surface area contributed by atoms with Gasteiger partial charge < -0.3 is 0 Å². The summed E-state index contributed by atoms with van der Waals surface area (Å²) in [5, 5.41) is 0.819. The van der Waals surface area contributed by atoms with E-state index in [1.807, 2.05) is 0 Å². The second-order valence-corrected chi connectivity index (χ2v) is 7.41. The maximum absolute atomic E-state index is 12.0. The van der Waals surface area contributed by atoms with Crippen LogP contribution < -0.4 is 0 Å². The lowest BCUT2D eigenvalue weighted by Gasteiger charge is -2.16. The zero-order valence-electron chi connectivity index (χ0n) is 9.92. The summed E-state index contributed by atoms with van der Waals surface area (Å²) >= 11 is 3.30. The van der Waals surface area contributed by atoms with Gasteiger partial charge in [-0.2, -0.15) is 13.2 Å². The first-order valence-electron chi connectivity index (χ1n) is 5.85. The number of rotatable bonds is 6. The van der Waals surface area contributed by atoms with E-state index in [-0.39, 0.29) is 6.42 Å². The molecule has 0 aromatic rings. The second-order valence-electron chi connectivity index (χ2n) is 4.53. The Morgan fingerprint density at radius 2 is 2.00 bits per heavy atom. The van der Waals surface area contributed by atoms with Crippen LogP contribution in [-0.2, 0) is 10.0 Å². The molecule has 1 fully saturated rings. The molecule has 0 saturated carbocycles. The van der Waals surface area contributed by atoms with Crippen molar-refractivity contribution in [3.05, 3.63) is 0 Å². The maximum atomic E-state index is 12.0. The molecule has 18 heavy (non-hydrogen) atoms. The van der Waals surface area contributed by atoms with Gasteiger partial charge in [0.25, 0.3) is 0 Å². The van der Waals surface area contributed by atoms with E-state index in [0.29, 0.717) is 19.0 Å². The molecule has 0 spiro atoms. The highest BCUT2D eigenvalue weighted by molar-refractivity contribution is 9.09. The molecule has 1 heterocycles. The summed E-state index contributed by atoms with van der Waals surface area (Å²) in [6.45, 7) is 0.881. The standard InChI is InChI=1S/C10H17BrF3NO2S/c11-5-2-9-3-6-15(8-9)18(16,17)7-1-4-10(12,13)14/h9H,1-8H2. The molecule has 0 aromatic heterocycles. The summed E-state index contributed by atoms with van der Waals surface area (Å²) in [6, 6.07) is 0. The van der Waals surface area contributed by atoms with E-state index in [1.165, 1.54) is 4.31 Å². The lowest BCUT2D eigenvalue weighted by molar-refractivity contribution is -0.134. The molecular weight excluding hydrogens is 335 g/mol. The quantitative estimate of drug-likeness (QED) is 0.690. The van der Waals surface area contributed by atoms with Crippen LogP contribution in [0.3, 0.4) is 0 Å². The largest absolute Gasteiger partial charge is 0.389 e. The van der Waals surface area contributed by atoms with Crippen molar-refractivity contribution in [2.45, 2.75) is 31.9 Å². The molecule has 1 aliphatic rings. The Bertz CT molecular complexity index is 359. The van der Waals surface area contributed by atoms with Crippen LogP contribution in [0.15, 0.2) is 0 Å². The molecule has 1 aliphatic heterocycles. The lowest BCUT2D eigenvalue weighted by atomic mass is 10.1. The summed E-state index contributed by atoms with van der Waals surface area (Å²) in [5.41, 5.74) is 0. The van der Waals surface area contributed by atoms with Crippen molar-refractivity contribution in [3.63, 3.8) is 0 Å². The summed E-state index contributed by atoms with van der Waals surface area (Å²) < 4.78 is 60.8. The van der Waals surface area contributed by atoms with E-state index < -0.39 is 28.4 Å². The number of nitrogens with zero attached hydrogens (tertiary/aromatic N) is 1. The van der Waals surface area contributed by atoms with Gasteiger partial charge in [0, 0.05) is 24.8 Å². The first kappa shape index (κ1) is 16.2. The van der Waals surface area contributed by atoms with Crippen molar-refractivity contribution in [1.29, 1.82) is 0 Å². The number of hydrogen-bond acceptors (Lipinski definition) is 2. The molecule has 0 N–H and O–H groups in total. The van der Waals surface area contributed by atoms with Gasteiger partial charge in [-0.15, -0.1) is 0 Å². The minimum atomic E-state index is -4.28. The van der Waals surface area contributed by atoms with E-state index in [0.717, 1.165) is 18.2 Å². The molecule has 1 unspecified atom stereocenters. The zero-order valence-corrected chi connectivity index (χ0v) is 12.3. The smallest absolute Gasteiger partial charge is 0.212 e. The van der Waals surface area contributed by atoms with Crippen molar-refractivity contribution >= 4 is 26.0 Å². The molecule has 0 amide bonds. The highest BCUT2D eigenvalue weighted by Gasteiger charge is 2.32. The van der Waals surface area contributed by atoms with Gasteiger partial charge in [0.05, 0.1) is 5.75 Å². The molecular formula is C10H17BrF3NO2S. The Hall–Kier alpha value is 0.180. The Balaban J connectivity index is 2.40. The molecule has 8 heteroatoms. The van der Waals surface area contributed by atoms with Gasteiger partial charge >= 0.3 is 6.18 Å². The summed E-state index contributed by atoms with van der Waals surface area (Å²) in [4.78, 5) is 0. The van der Waals surface area contributed by atoms with E-state index >= 15 is 0 Å². The average Bonchev–Trinajstić information content (AvgIpc) is 2.65. The van der Waals surface area contributed by atoms with Crippen LogP contribution in [0, 0.1) is 5.92 Å². The van der Waals surface area contributed by atoms with Crippen molar-refractivity contribution in [1.82, 2.24) is 4.31 Å². The fourth-order valence-electron chi connectivity index (χ4n) is 2.02. The Kier molecular flexibility index (Phi) is 5.92. The lowest BCUT2D eigenvalue weighted by Crippen LogP contribution is -2.31. The van der Waals surface area contributed by atoms with Gasteiger partial charge in [-0.3, -0.25) is 0 Å². The minimum Gasteiger partial charge on any atom is -0.212 e. The molecule has 1 rings (SSSR count). The maximum Gasteiger partial charge on any atom is 0.389 e. The third-order valence-corrected chi connectivity index (χ3v) is 5.40. The molecule has 0 radical (unpaired) electrons. The SMILES string of the molecule is O=S(=O)(CCCC(F)(F)F)N1CCC(CCBr)C1. The van der Waals surface area contributed by atoms with E-state index in [9.17, 15) is 21.6 Å². The van der Waals surface area contributed by atoms with Gasteiger partial charge in [-0.25, -0.2) is 12.7 Å². The van der Waals surface area contributed by atoms with E-state index in [1.54, 1.807) is 0 Å². The van der Waals surface area contributed by atoms with Gasteiger partial charge in [0.15, 0.2) is 0 Å². The van der Waals surface area contributed by atoms with Crippen LogP contribution in [0.25, 0.3) is 0 Å². The topological polar surface area (TPSA) is 37.4 Å². The van der Waals surface area contributed by atoms with Crippen LogP contribution in [0.4, 0.5) is 13.2 Å². The molecule has 0 bridgehead atoms. The normalized spacial score (nSPS) is 22.6. The molecule has 108 valence electrons. The Morgan fingerprint density at radius 3 is 2.56 bits per heavy atom. The van der Waals surface area contributed by atoms with Crippen LogP contribution >= 0.6 is 15.9 Å². The Labute approximate surface area is 114 Å². The second kappa shape index (κ2) is 6.56. The molecule has 0 aliphatic carbocycles. The number of sulfonamides is 1. The number of hydrogen-bond donors (Lipinski definition) is 0. The molecule has 0 aromatic carbocycles. The zero-order chi connectivity index (χ0) is 13.8. The van der Waals surface area contributed by atoms with Crippen LogP contribution in [0.2, 0.25) is 0 Å². The molecule has 1 atom stereocenters. The van der Waals surface area contributed by atoms with Crippen molar-refractivity contribution in [3.8, 4) is 0 Å². The average molecular weight is 352 g/mol. The summed E-state index contributed by atoms with van der Waals surface area (Å²) in [7, 11) is -3.52. The highest BCUT2D eigenvalue weighted by atomic mass is 79.9. The summed E-state index contributed by atoms with van der Waals surface area (Å²) in [6.07, 6.45) is -3.98. The van der Waals surface area contributed by atoms with Gasteiger partial charge in [-0.1, -0.05) is 15.9 Å². The van der Waals surface area contributed by atoms with Gasteiger partial charge in [0.1, 0.15) is 0 Å². The predicted molar refractivity (Wildman–Crippen MR) is 67.2 cm³/mol. The monoisotopic (exact) mass is 351 g/mol. The van der Waals surface area contributed by atoms with Gasteiger partial charge in [-0.05, 0) is 25.2 Å². The number of halogens is 4. The fourth-order valence-corrected chi connectivity index (χ4v) is 4.26. The van der Waals surface area contributed by atoms with Crippen LogP contribution in [0.5, 0.6) is 0 Å². The van der Waals surface area contributed by atoms with Crippen LogP contribution in [-0.4, -0.2) is 43.1 Å². The predicted octanol–water partition coefficient (Wildman–Crippen LogP) is 2.77. The third-order valence-electron chi connectivity index (χ3n) is 3.02. The van der Waals surface area contributed by atoms with Gasteiger partial charge in [0.2, 0.25) is 10.0 Å². The number of alkyl halides is 4. The van der Waals surface area contributed by atoms with Crippen molar-refractivity contribution < 1.29 is 21.6 Å². The Morgan fingerprint density at radius 1 is 1.33 bits per heavy atom. The minimum absolute atomic E-state index is 0.321. The molecule has 3 nitrogen and oxygen atoms in total. The first-order chi connectivity index (χ1) is 8.24. The summed E-state index contributed by atoms with van der Waals surface area (Å²) in [5.74, 6) is -0.0881. The van der Waals surface area contributed by atoms with Crippen molar-refractivity contribution in [2.75, 3.05) is 24.2 Å². The highest BCUT2D eigenvalue weighted by Crippen LogP contribution is 2.25. The van der Waals surface area contributed by atoms with Crippen molar-refractivity contribution in [2.24, 2.45) is 5.92 Å². The van der Waals surface area contributed by atoms with E-state index in [4.69, 9.17) is 0 Å². The fraction of sp³-hybridized carbons (Fsp3) is 1.00. The van der Waals surface area contributed by atoms with E-state index in [2.05, 4.69) is 15.9 Å². The third kappa shape index (κ3) is 5.44. The molecule has 1 saturated heterocycles.